The molecule has 0 spiro atoms. The standard InChI is InChI=1S/C25H23F3N4O3/c1-16-5-3-4-6-22(16)17(2)34-24(33)30-19-9-7-18(8-10-19)23-29-15-32(31-23)20-11-13-21(14-12-20)35-25(26,27)28/h3-15,17,24,30,33H,1-2H3. The lowest BCUT2D eigenvalue weighted by Gasteiger charge is -2.21. The van der Waals surface area contributed by atoms with Crippen molar-refractivity contribution >= 4 is 5.69 Å². The van der Waals surface area contributed by atoms with Crippen LogP contribution in [-0.4, -0.2) is 32.6 Å². The number of nitrogens with zero attached hydrogens (tertiary/aromatic N) is 3. The lowest BCUT2D eigenvalue weighted by atomic mass is 10.1. The number of nitrogens with one attached hydrogen (secondary N) is 1. The average Bonchev–Trinajstić information content (AvgIpc) is 3.29. The van der Waals surface area contributed by atoms with Crippen LogP contribution in [0.3, 0.4) is 0 Å². The van der Waals surface area contributed by atoms with Crippen LogP contribution in [0.15, 0.2) is 79.1 Å². The molecular weight excluding hydrogens is 461 g/mol. The average molecular weight is 484 g/mol. The molecule has 0 saturated heterocycles. The van der Waals surface area contributed by atoms with Crippen LogP contribution in [0.2, 0.25) is 0 Å². The second-order valence-corrected chi connectivity index (χ2v) is 7.76. The Bertz CT molecular complexity index is 1260. The number of halogens is 3. The van der Waals surface area contributed by atoms with Crippen LogP contribution in [0.1, 0.15) is 24.2 Å². The van der Waals surface area contributed by atoms with Gasteiger partial charge in [-0.25, -0.2) is 9.67 Å². The van der Waals surface area contributed by atoms with E-state index in [0.29, 0.717) is 17.2 Å². The smallest absolute Gasteiger partial charge is 0.406 e. The number of ether oxygens (including phenoxy) is 2. The molecule has 7 nitrogen and oxygen atoms in total. The Morgan fingerprint density at radius 1 is 0.971 bits per heavy atom. The molecule has 0 saturated carbocycles. The van der Waals surface area contributed by atoms with Gasteiger partial charge in [-0.05, 0) is 73.5 Å². The number of aromatic nitrogens is 3. The predicted molar refractivity (Wildman–Crippen MR) is 124 cm³/mol. The third-order valence-electron chi connectivity index (χ3n) is 5.22. The minimum absolute atomic E-state index is 0.305. The summed E-state index contributed by atoms with van der Waals surface area (Å²) < 4.78 is 48.0. The van der Waals surface area contributed by atoms with E-state index in [1.165, 1.54) is 35.3 Å². The molecule has 0 radical (unpaired) electrons. The maximum Gasteiger partial charge on any atom is 0.573 e. The summed E-state index contributed by atoms with van der Waals surface area (Å²) in [5.41, 5.74) is 3.95. The summed E-state index contributed by atoms with van der Waals surface area (Å²) in [6.07, 6.45) is -4.80. The zero-order valence-electron chi connectivity index (χ0n) is 18.9. The van der Waals surface area contributed by atoms with Gasteiger partial charge in [-0.2, -0.15) is 0 Å². The predicted octanol–water partition coefficient (Wildman–Crippen LogP) is 5.61. The van der Waals surface area contributed by atoms with E-state index in [0.717, 1.165) is 16.7 Å². The van der Waals surface area contributed by atoms with Crippen molar-refractivity contribution in [1.29, 1.82) is 0 Å². The minimum Gasteiger partial charge on any atom is -0.406 e. The van der Waals surface area contributed by atoms with Gasteiger partial charge < -0.3 is 19.9 Å². The lowest BCUT2D eigenvalue weighted by Crippen LogP contribution is -2.24. The fourth-order valence-electron chi connectivity index (χ4n) is 3.52. The molecule has 0 amide bonds. The molecule has 0 fully saturated rings. The fraction of sp³-hybridized carbons (Fsp3) is 0.200. The normalized spacial score (nSPS) is 13.3. The first-order valence-electron chi connectivity index (χ1n) is 10.7. The van der Waals surface area contributed by atoms with E-state index >= 15 is 0 Å². The van der Waals surface area contributed by atoms with Gasteiger partial charge in [-0.1, -0.05) is 24.3 Å². The Morgan fingerprint density at radius 2 is 1.66 bits per heavy atom. The maximum absolute atomic E-state index is 12.3. The van der Waals surface area contributed by atoms with Crippen molar-refractivity contribution in [3.8, 4) is 22.8 Å². The number of rotatable bonds is 8. The van der Waals surface area contributed by atoms with Crippen LogP contribution in [0, 0.1) is 6.92 Å². The molecular formula is C25H23F3N4O3. The zero-order chi connectivity index (χ0) is 25.0. The van der Waals surface area contributed by atoms with Gasteiger partial charge >= 0.3 is 6.36 Å². The summed E-state index contributed by atoms with van der Waals surface area (Å²) in [5.74, 6) is 0.112. The summed E-state index contributed by atoms with van der Waals surface area (Å²) >= 11 is 0. The Morgan fingerprint density at radius 3 is 2.31 bits per heavy atom. The van der Waals surface area contributed by atoms with E-state index in [9.17, 15) is 18.3 Å². The van der Waals surface area contributed by atoms with Crippen LogP contribution in [0.4, 0.5) is 18.9 Å². The fourth-order valence-corrected chi connectivity index (χ4v) is 3.52. The van der Waals surface area contributed by atoms with Gasteiger partial charge in [0.2, 0.25) is 6.41 Å². The first-order valence-corrected chi connectivity index (χ1v) is 10.7. The van der Waals surface area contributed by atoms with Crippen LogP contribution in [-0.2, 0) is 4.74 Å². The van der Waals surface area contributed by atoms with Crippen molar-refractivity contribution in [1.82, 2.24) is 14.8 Å². The second kappa shape index (κ2) is 10.2. The van der Waals surface area contributed by atoms with Crippen molar-refractivity contribution in [3.05, 3.63) is 90.3 Å². The van der Waals surface area contributed by atoms with Crippen molar-refractivity contribution in [2.24, 2.45) is 0 Å². The van der Waals surface area contributed by atoms with Crippen molar-refractivity contribution < 1.29 is 27.8 Å². The van der Waals surface area contributed by atoms with Crippen LogP contribution < -0.4 is 10.1 Å². The number of benzene rings is 3. The first-order chi connectivity index (χ1) is 16.7. The van der Waals surface area contributed by atoms with Gasteiger partial charge in [-0.15, -0.1) is 18.3 Å². The third-order valence-corrected chi connectivity index (χ3v) is 5.22. The number of aliphatic hydroxyl groups is 1. The number of alkyl halides is 3. The summed E-state index contributed by atoms with van der Waals surface area (Å²) in [4.78, 5) is 4.26. The Labute approximate surface area is 199 Å². The van der Waals surface area contributed by atoms with Crippen molar-refractivity contribution in [2.75, 3.05) is 5.32 Å². The molecule has 0 bridgehead atoms. The van der Waals surface area contributed by atoms with Crippen LogP contribution in [0.5, 0.6) is 5.75 Å². The molecule has 4 aromatic rings. The molecule has 35 heavy (non-hydrogen) atoms. The monoisotopic (exact) mass is 484 g/mol. The summed E-state index contributed by atoms with van der Waals surface area (Å²) in [5, 5.41) is 17.6. The van der Waals surface area contributed by atoms with E-state index < -0.39 is 12.8 Å². The number of hydrogen-bond acceptors (Lipinski definition) is 6. The van der Waals surface area contributed by atoms with Gasteiger partial charge in [0.15, 0.2) is 5.82 Å². The van der Waals surface area contributed by atoms with Gasteiger partial charge in [0.05, 0.1) is 11.8 Å². The quantitative estimate of drug-likeness (QED) is 0.317. The van der Waals surface area contributed by atoms with Crippen LogP contribution >= 0.6 is 0 Å². The lowest BCUT2D eigenvalue weighted by molar-refractivity contribution is -0.274. The summed E-state index contributed by atoms with van der Waals surface area (Å²) in [7, 11) is 0. The number of aryl methyl sites for hydroxylation is 1. The highest BCUT2D eigenvalue weighted by Gasteiger charge is 2.31. The molecule has 3 aromatic carbocycles. The van der Waals surface area contributed by atoms with E-state index in [1.54, 1.807) is 24.3 Å². The molecule has 2 N–H and O–H groups in total. The molecule has 2 unspecified atom stereocenters. The molecule has 0 aliphatic heterocycles. The molecule has 1 aromatic heterocycles. The summed E-state index contributed by atoms with van der Waals surface area (Å²) in [6.45, 7) is 3.86. The molecule has 0 aliphatic rings. The molecule has 182 valence electrons. The van der Waals surface area contributed by atoms with E-state index in [1.807, 2.05) is 38.1 Å². The molecule has 2 atom stereocenters. The number of anilines is 1. The highest BCUT2D eigenvalue weighted by atomic mass is 19.4. The van der Waals surface area contributed by atoms with Gasteiger partial charge in [0, 0.05) is 11.3 Å². The van der Waals surface area contributed by atoms with Crippen LogP contribution in [0.25, 0.3) is 17.1 Å². The first kappa shape index (κ1) is 24.2. The van der Waals surface area contributed by atoms with Crippen molar-refractivity contribution in [2.45, 2.75) is 32.7 Å². The Hall–Kier alpha value is -3.89. The van der Waals surface area contributed by atoms with E-state index in [4.69, 9.17) is 4.74 Å². The number of hydrogen-bond donors (Lipinski definition) is 2. The Kier molecular flexibility index (Phi) is 7.04. The second-order valence-electron chi connectivity index (χ2n) is 7.76. The molecule has 10 heteroatoms. The summed E-state index contributed by atoms with van der Waals surface area (Å²) in [6, 6.07) is 20.2. The maximum atomic E-state index is 12.3. The molecule has 0 aliphatic carbocycles. The van der Waals surface area contributed by atoms with Gasteiger partial charge in [0.25, 0.3) is 0 Å². The van der Waals surface area contributed by atoms with Crippen molar-refractivity contribution in [3.63, 3.8) is 0 Å². The zero-order valence-corrected chi connectivity index (χ0v) is 18.9. The van der Waals surface area contributed by atoms with E-state index in [-0.39, 0.29) is 11.9 Å². The van der Waals surface area contributed by atoms with Gasteiger partial charge in [-0.3, -0.25) is 0 Å². The van der Waals surface area contributed by atoms with Gasteiger partial charge in [0.1, 0.15) is 12.1 Å². The number of aliphatic hydroxyl groups excluding tert-OH is 1. The molecule has 4 rings (SSSR count). The minimum atomic E-state index is -4.75. The highest BCUT2D eigenvalue weighted by molar-refractivity contribution is 5.59. The third kappa shape index (κ3) is 6.37. The van der Waals surface area contributed by atoms with E-state index in [2.05, 4.69) is 20.1 Å². The SMILES string of the molecule is Cc1ccccc1C(C)OC(O)Nc1ccc(-c2ncn(-c3ccc(OC(F)(F)F)cc3)n2)cc1. The Balaban J connectivity index is 1.37. The highest BCUT2D eigenvalue weighted by Crippen LogP contribution is 2.25. The largest absolute Gasteiger partial charge is 0.573 e. The molecule has 1 heterocycles. The topological polar surface area (TPSA) is 81.4 Å².